The minimum absolute atomic E-state index is 0.0394. The number of aromatic nitrogens is 2. The highest BCUT2D eigenvalue weighted by Crippen LogP contribution is 2.21. The molecule has 0 unspecified atom stereocenters. The first-order valence-electron chi connectivity index (χ1n) is 5.97. The number of hydrogen-bond donors (Lipinski definition) is 2. The number of halogens is 2. The van der Waals surface area contributed by atoms with Gasteiger partial charge < -0.3 is 10.9 Å². The van der Waals surface area contributed by atoms with Crippen molar-refractivity contribution in [2.45, 2.75) is 19.8 Å². The molecule has 1 aromatic carbocycles. The number of nitrogens with two attached hydrogens (primary N) is 1. The minimum Gasteiger partial charge on any atom is -0.409 e. The van der Waals surface area contributed by atoms with Gasteiger partial charge in [0.2, 0.25) is 0 Å². The molecule has 2 rings (SSSR count). The Bertz CT molecular complexity index is 641. The van der Waals surface area contributed by atoms with Crippen molar-refractivity contribution in [2.24, 2.45) is 10.9 Å². The van der Waals surface area contributed by atoms with E-state index in [1.54, 1.807) is 6.07 Å². The molecular weight excluding hydrogens is 266 g/mol. The lowest BCUT2D eigenvalue weighted by Gasteiger charge is -2.08. The SMILES string of the molecule is CC(C)c1ccn(-c2c(F)cc(/C(N)=N/O)cc2F)n1. The van der Waals surface area contributed by atoms with Crippen LogP contribution in [0.25, 0.3) is 5.69 Å². The van der Waals surface area contributed by atoms with E-state index >= 15 is 0 Å². The van der Waals surface area contributed by atoms with E-state index in [9.17, 15) is 8.78 Å². The van der Waals surface area contributed by atoms with Gasteiger partial charge in [0, 0.05) is 11.8 Å². The zero-order chi connectivity index (χ0) is 14.9. The molecule has 0 saturated heterocycles. The van der Waals surface area contributed by atoms with E-state index in [0.717, 1.165) is 22.5 Å². The van der Waals surface area contributed by atoms with Crippen molar-refractivity contribution in [1.82, 2.24) is 9.78 Å². The van der Waals surface area contributed by atoms with Crippen LogP contribution in [0.3, 0.4) is 0 Å². The predicted molar refractivity (Wildman–Crippen MR) is 70.1 cm³/mol. The fourth-order valence-electron chi connectivity index (χ4n) is 1.76. The molecule has 0 aliphatic carbocycles. The van der Waals surface area contributed by atoms with Crippen molar-refractivity contribution in [2.75, 3.05) is 0 Å². The Morgan fingerprint density at radius 1 is 1.35 bits per heavy atom. The predicted octanol–water partition coefficient (Wildman–Crippen LogP) is 2.37. The summed E-state index contributed by atoms with van der Waals surface area (Å²) in [5.41, 5.74) is 5.70. The summed E-state index contributed by atoms with van der Waals surface area (Å²) >= 11 is 0. The molecule has 0 aliphatic rings. The van der Waals surface area contributed by atoms with E-state index in [4.69, 9.17) is 10.9 Å². The molecule has 0 spiro atoms. The summed E-state index contributed by atoms with van der Waals surface area (Å²) in [6.45, 7) is 3.86. The fourth-order valence-corrected chi connectivity index (χ4v) is 1.76. The first-order valence-corrected chi connectivity index (χ1v) is 5.97. The Labute approximate surface area is 114 Å². The molecule has 0 aliphatic heterocycles. The average Bonchev–Trinajstić information content (AvgIpc) is 2.86. The standard InChI is InChI=1S/C13H14F2N4O/c1-7(2)11-3-4-19(17-11)12-9(14)5-8(6-10(12)15)13(16)18-20/h3-7,20H,1-2H3,(H2,16,18). The van der Waals surface area contributed by atoms with E-state index in [2.05, 4.69) is 10.3 Å². The monoisotopic (exact) mass is 280 g/mol. The Morgan fingerprint density at radius 2 is 1.95 bits per heavy atom. The third kappa shape index (κ3) is 2.47. The van der Waals surface area contributed by atoms with Crippen molar-refractivity contribution >= 4 is 5.84 Å². The molecule has 0 atom stereocenters. The molecular formula is C13H14F2N4O. The van der Waals surface area contributed by atoms with Gasteiger partial charge in [-0.15, -0.1) is 0 Å². The largest absolute Gasteiger partial charge is 0.409 e. The van der Waals surface area contributed by atoms with Gasteiger partial charge in [-0.2, -0.15) is 5.10 Å². The third-order valence-corrected chi connectivity index (χ3v) is 2.85. The lowest BCUT2D eigenvalue weighted by atomic mass is 10.1. The van der Waals surface area contributed by atoms with Gasteiger partial charge in [0.05, 0.1) is 5.69 Å². The van der Waals surface area contributed by atoms with E-state index in [-0.39, 0.29) is 23.0 Å². The summed E-state index contributed by atoms with van der Waals surface area (Å²) in [6.07, 6.45) is 1.49. The fraction of sp³-hybridized carbons (Fsp3) is 0.231. The Balaban J connectivity index is 2.52. The van der Waals surface area contributed by atoms with Gasteiger partial charge in [0.25, 0.3) is 0 Å². The molecule has 1 aromatic heterocycles. The van der Waals surface area contributed by atoms with E-state index in [0.29, 0.717) is 0 Å². The van der Waals surface area contributed by atoms with Crippen LogP contribution in [0.2, 0.25) is 0 Å². The van der Waals surface area contributed by atoms with Crippen molar-refractivity contribution in [3.63, 3.8) is 0 Å². The van der Waals surface area contributed by atoms with E-state index in [1.165, 1.54) is 6.20 Å². The topological polar surface area (TPSA) is 76.4 Å². The second-order valence-electron chi connectivity index (χ2n) is 4.61. The summed E-state index contributed by atoms with van der Waals surface area (Å²) < 4.78 is 29.2. The summed E-state index contributed by atoms with van der Waals surface area (Å²) in [7, 11) is 0. The van der Waals surface area contributed by atoms with Gasteiger partial charge in [0.1, 0.15) is 5.69 Å². The van der Waals surface area contributed by atoms with Crippen molar-refractivity contribution in [3.8, 4) is 5.69 Å². The highest BCUT2D eigenvalue weighted by atomic mass is 19.1. The number of benzene rings is 1. The highest BCUT2D eigenvalue weighted by Gasteiger charge is 2.16. The number of amidine groups is 1. The Kier molecular flexibility index (Phi) is 3.69. The zero-order valence-corrected chi connectivity index (χ0v) is 11.0. The van der Waals surface area contributed by atoms with Gasteiger partial charge in [-0.05, 0) is 24.1 Å². The maximum atomic E-state index is 14.0. The summed E-state index contributed by atoms with van der Waals surface area (Å²) in [6, 6.07) is 3.68. The molecule has 1 heterocycles. The number of oxime groups is 1. The maximum Gasteiger partial charge on any atom is 0.170 e. The summed E-state index contributed by atoms with van der Waals surface area (Å²) in [4.78, 5) is 0. The van der Waals surface area contributed by atoms with Crippen molar-refractivity contribution < 1.29 is 14.0 Å². The second-order valence-corrected chi connectivity index (χ2v) is 4.61. The van der Waals surface area contributed by atoms with Crippen molar-refractivity contribution in [3.05, 3.63) is 47.3 Å². The van der Waals surface area contributed by atoms with Crippen LogP contribution in [0.5, 0.6) is 0 Å². The van der Waals surface area contributed by atoms with E-state index < -0.39 is 11.6 Å². The molecule has 0 bridgehead atoms. The summed E-state index contributed by atoms with van der Waals surface area (Å²) in [5, 5.41) is 15.4. The highest BCUT2D eigenvalue weighted by molar-refractivity contribution is 5.97. The number of hydrogen-bond acceptors (Lipinski definition) is 3. The van der Waals surface area contributed by atoms with Crippen LogP contribution in [0.15, 0.2) is 29.6 Å². The molecule has 7 heteroatoms. The molecule has 2 aromatic rings. The average molecular weight is 280 g/mol. The Morgan fingerprint density at radius 3 is 2.40 bits per heavy atom. The minimum atomic E-state index is -0.843. The molecule has 106 valence electrons. The normalized spacial score (nSPS) is 12.2. The van der Waals surface area contributed by atoms with E-state index in [1.807, 2.05) is 13.8 Å². The van der Waals surface area contributed by atoms with Crippen LogP contribution >= 0.6 is 0 Å². The quantitative estimate of drug-likeness (QED) is 0.392. The first-order chi connectivity index (χ1) is 9.43. The summed E-state index contributed by atoms with van der Waals surface area (Å²) in [5.74, 6) is -1.90. The number of nitrogens with zero attached hydrogens (tertiary/aromatic N) is 3. The molecule has 3 N–H and O–H groups in total. The van der Waals surface area contributed by atoms with Crippen molar-refractivity contribution in [1.29, 1.82) is 0 Å². The molecule has 0 fully saturated rings. The smallest absolute Gasteiger partial charge is 0.170 e. The van der Waals surface area contributed by atoms with Gasteiger partial charge in [-0.25, -0.2) is 13.5 Å². The Hall–Kier alpha value is -2.44. The number of rotatable bonds is 3. The van der Waals surface area contributed by atoms with Gasteiger partial charge in [0.15, 0.2) is 17.5 Å². The van der Waals surface area contributed by atoms with Crippen LogP contribution in [-0.2, 0) is 0 Å². The molecule has 0 amide bonds. The maximum absolute atomic E-state index is 14.0. The molecule has 0 radical (unpaired) electrons. The molecule has 5 nitrogen and oxygen atoms in total. The first kappa shape index (κ1) is 14.0. The lowest BCUT2D eigenvalue weighted by molar-refractivity contribution is 0.318. The lowest BCUT2D eigenvalue weighted by Crippen LogP contribution is -2.15. The molecule has 20 heavy (non-hydrogen) atoms. The van der Waals surface area contributed by atoms with Crippen LogP contribution < -0.4 is 5.73 Å². The third-order valence-electron chi connectivity index (χ3n) is 2.85. The second kappa shape index (κ2) is 5.28. The van der Waals surface area contributed by atoms with Crippen LogP contribution in [0.1, 0.15) is 31.0 Å². The zero-order valence-electron chi connectivity index (χ0n) is 11.0. The molecule has 0 saturated carbocycles. The van der Waals surface area contributed by atoms with Gasteiger partial charge >= 0.3 is 0 Å². The van der Waals surface area contributed by atoms with Gasteiger partial charge in [-0.1, -0.05) is 19.0 Å². The van der Waals surface area contributed by atoms with Crippen LogP contribution in [0.4, 0.5) is 8.78 Å². The van der Waals surface area contributed by atoms with Gasteiger partial charge in [-0.3, -0.25) is 0 Å². The van der Waals surface area contributed by atoms with Crippen LogP contribution in [-0.4, -0.2) is 20.8 Å². The van der Waals surface area contributed by atoms with Crippen LogP contribution in [0, 0.1) is 11.6 Å².